The normalized spacial score (nSPS) is 13.0. The number of hydrogen-bond acceptors (Lipinski definition) is 0. The van der Waals surface area contributed by atoms with Gasteiger partial charge in [0.2, 0.25) is 0 Å². The van der Waals surface area contributed by atoms with Gasteiger partial charge in [0.1, 0.15) is 0 Å². The fourth-order valence-electron chi connectivity index (χ4n) is 1.09. The molecule has 0 amide bonds. The highest BCUT2D eigenvalue weighted by Crippen LogP contribution is 2.21. The molecular weight excluding hydrogens is 219 g/mol. The molecule has 0 fully saturated rings. The molecule has 0 aliphatic heterocycles. The predicted octanol–water partition coefficient (Wildman–Crippen LogP) is 3.64. The molecule has 1 aromatic rings. The minimum absolute atomic E-state index is 0.249. The summed E-state index contributed by atoms with van der Waals surface area (Å²) in [6, 6.07) is 5.86. The second-order valence-corrected chi connectivity index (χ2v) is 3.83. The third kappa shape index (κ3) is 2.31. The van der Waals surface area contributed by atoms with Gasteiger partial charge in [-0.1, -0.05) is 22.0 Å². The topological polar surface area (TPSA) is 0 Å². The summed E-state index contributed by atoms with van der Waals surface area (Å²) in [5.74, 6) is -0.249. The maximum atomic E-state index is 12.3. The van der Waals surface area contributed by atoms with Gasteiger partial charge >= 0.3 is 0 Å². The van der Waals surface area contributed by atoms with Crippen LogP contribution in [0.5, 0.6) is 0 Å². The fraction of sp³-hybridized carbons (Fsp3) is 0.300. The van der Waals surface area contributed by atoms with Crippen LogP contribution >= 0.6 is 15.9 Å². The van der Waals surface area contributed by atoms with Crippen LogP contribution in [0.25, 0.3) is 0 Å². The van der Waals surface area contributed by atoms with Crippen molar-refractivity contribution in [3.05, 3.63) is 40.7 Å². The fourth-order valence-corrected chi connectivity index (χ4v) is 1.71. The first-order valence-electron chi connectivity index (χ1n) is 3.79. The molecule has 0 saturated heterocycles. The molecule has 1 radical (unpaired) electrons. The van der Waals surface area contributed by atoms with Crippen LogP contribution in [0, 0.1) is 13.8 Å². The molecule has 2 heteroatoms. The molecule has 0 nitrogen and oxygen atoms in total. The van der Waals surface area contributed by atoms with E-state index in [0.29, 0.717) is 0 Å². The maximum Gasteiger partial charge on any atom is 0.0962 e. The number of alkyl halides is 1. The first kappa shape index (κ1) is 9.72. The van der Waals surface area contributed by atoms with E-state index in [9.17, 15) is 4.39 Å². The van der Waals surface area contributed by atoms with Crippen LogP contribution in [0.4, 0.5) is 4.39 Å². The van der Waals surface area contributed by atoms with Crippen LogP contribution in [0.1, 0.15) is 17.0 Å². The van der Waals surface area contributed by atoms with E-state index in [1.807, 2.05) is 25.1 Å². The minimum Gasteiger partial charge on any atom is -0.250 e. The minimum atomic E-state index is -0.407. The van der Waals surface area contributed by atoms with Crippen molar-refractivity contribution in [2.75, 3.05) is 6.67 Å². The zero-order chi connectivity index (χ0) is 9.14. The van der Waals surface area contributed by atoms with E-state index in [0.717, 1.165) is 15.6 Å². The number of rotatable bonds is 2. The van der Waals surface area contributed by atoms with Crippen molar-refractivity contribution in [3.63, 3.8) is 0 Å². The van der Waals surface area contributed by atoms with Gasteiger partial charge in [-0.2, -0.15) is 0 Å². The second kappa shape index (κ2) is 4.04. The lowest BCUT2D eigenvalue weighted by Crippen LogP contribution is -1.96. The maximum absolute atomic E-state index is 12.3. The van der Waals surface area contributed by atoms with E-state index in [1.165, 1.54) is 0 Å². The van der Waals surface area contributed by atoms with Crippen molar-refractivity contribution >= 4 is 15.9 Å². The molecule has 1 aromatic carbocycles. The van der Waals surface area contributed by atoms with Crippen LogP contribution in [0.3, 0.4) is 0 Å². The second-order valence-electron chi connectivity index (χ2n) is 2.91. The summed E-state index contributed by atoms with van der Waals surface area (Å²) in [6.07, 6.45) is 0. The Morgan fingerprint density at radius 3 is 2.67 bits per heavy atom. The molecule has 0 heterocycles. The van der Waals surface area contributed by atoms with E-state index < -0.39 is 6.67 Å². The van der Waals surface area contributed by atoms with Crippen molar-refractivity contribution in [2.24, 2.45) is 0 Å². The predicted molar refractivity (Wildman–Crippen MR) is 53.0 cm³/mol. The van der Waals surface area contributed by atoms with Gasteiger partial charge in [-0.3, -0.25) is 4.39 Å². The highest BCUT2D eigenvalue weighted by Gasteiger charge is 2.05. The molecule has 1 atom stereocenters. The lowest BCUT2D eigenvalue weighted by molar-refractivity contribution is 0.465. The van der Waals surface area contributed by atoms with Crippen molar-refractivity contribution < 1.29 is 4.39 Å². The largest absolute Gasteiger partial charge is 0.250 e. The molecule has 0 saturated carbocycles. The average Bonchev–Trinajstić information content (AvgIpc) is 2.01. The molecule has 0 aromatic heterocycles. The van der Waals surface area contributed by atoms with Gasteiger partial charge < -0.3 is 0 Å². The van der Waals surface area contributed by atoms with Crippen molar-refractivity contribution in [1.29, 1.82) is 0 Å². The standard InChI is InChI=1S/C10H11BrF/c1-7-3-9(8(2)6-12)5-10(11)4-7/h3-5,8H,2,6H2,1H3. The third-order valence-electron chi connectivity index (χ3n) is 1.72. The van der Waals surface area contributed by atoms with E-state index >= 15 is 0 Å². The van der Waals surface area contributed by atoms with E-state index in [1.54, 1.807) is 0 Å². The van der Waals surface area contributed by atoms with Crippen molar-refractivity contribution in [1.82, 2.24) is 0 Å². The number of hydrogen-bond donors (Lipinski definition) is 0. The average molecular weight is 230 g/mol. The Labute approximate surface area is 80.9 Å². The van der Waals surface area contributed by atoms with Gasteiger partial charge in [0.15, 0.2) is 0 Å². The molecule has 0 aliphatic carbocycles. The van der Waals surface area contributed by atoms with Crippen LogP contribution in [0.2, 0.25) is 0 Å². The van der Waals surface area contributed by atoms with Crippen LogP contribution < -0.4 is 0 Å². The Kier molecular flexibility index (Phi) is 3.27. The molecule has 1 rings (SSSR count). The van der Waals surface area contributed by atoms with Gasteiger partial charge in [0, 0.05) is 10.4 Å². The summed E-state index contributed by atoms with van der Waals surface area (Å²) in [4.78, 5) is 0. The zero-order valence-corrected chi connectivity index (χ0v) is 8.57. The molecular formula is C10H11BrF. The van der Waals surface area contributed by atoms with Crippen LogP contribution in [-0.4, -0.2) is 6.67 Å². The molecule has 0 bridgehead atoms. The van der Waals surface area contributed by atoms with Gasteiger partial charge in [0.05, 0.1) is 6.67 Å². The summed E-state index contributed by atoms with van der Waals surface area (Å²) >= 11 is 3.36. The Balaban J connectivity index is 3.00. The molecule has 12 heavy (non-hydrogen) atoms. The SMILES string of the molecule is [CH2]C(CF)c1cc(C)cc(Br)c1. The number of benzene rings is 1. The van der Waals surface area contributed by atoms with E-state index in [2.05, 4.69) is 22.9 Å². The molecule has 0 spiro atoms. The highest BCUT2D eigenvalue weighted by atomic mass is 79.9. The van der Waals surface area contributed by atoms with Gasteiger partial charge in [-0.25, -0.2) is 0 Å². The van der Waals surface area contributed by atoms with E-state index in [4.69, 9.17) is 0 Å². The monoisotopic (exact) mass is 229 g/mol. The van der Waals surface area contributed by atoms with Gasteiger partial charge in [-0.05, 0) is 37.1 Å². The van der Waals surface area contributed by atoms with Gasteiger partial charge in [0.25, 0.3) is 0 Å². The summed E-state index contributed by atoms with van der Waals surface area (Å²) in [5, 5.41) is 0. The lowest BCUT2D eigenvalue weighted by Gasteiger charge is -2.08. The van der Waals surface area contributed by atoms with Crippen LogP contribution in [-0.2, 0) is 0 Å². The van der Waals surface area contributed by atoms with Gasteiger partial charge in [-0.15, -0.1) is 0 Å². The first-order valence-corrected chi connectivity index (χ1v) is 4.59. The third-order valence-corrected chi connectivity index (χ3v) is 2.18. The van der Waals surface area contributed by atoms with Crippen LogP contribution in [0.15, 0.2) is 22.7 Å². The number of aryl methyl sites for hydroxylation is 1. The molecule has 1 unspecified atom stereocenters. The summed E-state index contributed by atoms with van der Waals surface area (Å²) < 4.78 is 13.2. The Hall–Kier alpha value is -0.370. The van der Waals surface area contributed by atoms with Crippen molar-refractivity contribution in [3.8, 4) is 0 Å². The summed E-state index contributed by atoms with van der Waals surface area (Å²) in [6.45, 7) is 5.29. The quantitative estimate of drug-likeness (QED) is 0.727. The summed E-state index contributed by atoms with van der Waals surface area (Å²) in [7, 11) is 0. The summed E-state index contributed by atoms with van der Waals surface area (Å²) in [5.41, 5.74) is 2.07. The van der Waals surface area contributed by atoms with E-state index in [-0.39, 0.29) is 5.92 Å². The molecule has 0 aliphatic rings. The Morgan fingerprint density at radius 1 is 1.50 bits per heavy atom. The molecule has 0 N–H and O–H groups in total. The highest BCUT2D eigenvalue weighted by molar-refractivity contribution is 9.10. The smallest absolute Gasteiger partial charge is 0.0962 e. The number of halogens is 2. The lowest BCUT2D eigenvalue weighted by atomic mass is 10.0. The van der Waals surface area contributed by atoms with Crippen molar-refractivity contribution in [2.45, 2.75) is 12.8 Å². The first-order chi connectivity index (χ1) is 5.63. The zero-order valence-electron chi connectivity index (χ0n) is 6.98. The Morgan fingerprint density at radius 2 is 2.17 bits per heavy atom. The molecule has 65 valence electrons. The Bertz CT molecular complexity index is 250.